The first-order valence-electron chi connectivity index (χ1n) is 6.81. The van der Waals surface area contributed by atoms with Crippen LogP contribution in [0.2, 0.25) is 0 Å². The number of hydrogen-bond donors (Lipinski definition) is 0. The van der Waals surface area contributed by atoms with E-state index in [1.165, 1.54) is 0 Å². The van der Waals surface area contributed by atoms with Crippen molar-refractivity contribution >= 4 is 39.3 Å². The van der Waals surface area contributed by atoms with E-state index in [1.807, 2.05) is 0 Å². The third-order valence-corrected chi connectivity index (χ3v) is 10.1. The van der Waals surface area contributed by atoms with Gasteiger partial charge in [0.25, 0.3) is 0 Å². The minimum Gasteiger partial charge on any atom is -0.212 e. The predicted octanol–water partition coefficient (Wildman–Crippen LogP) is 3.62. The van der Waals surface area contributed by atoms with Crippen LogP contribution in [0.5, 0.6) is 0 Å². The van der Waals surface area contributed by atoms with Crippen molar-refractivity contribution in [2.75, 3.05) is 11.5 Å². The molecule has 8 heteroatoms. The molecule has 0 aromatic heterocycles. The van der Waals surface area contributed by atoms with Gasteiger partial charge >= 0.3 is 0 Å². The van der Waals surface area contributed by atoms with Crippen LogP contribution in [-0.2, 0) is 17.7 Å². The molecule has 0 radical (unpaired) electrons. The van der Waals surface area contributed by atoms with Gasteiger partial charge < -0.3 is 0 Å². The Morgan fingerprint density at radius 3 is 1.30 bits per heavy atom. The third kappa shape index (κ3) is 5.56. The fourth-order valence-electron chi connectivity index (χ4n) is 1.71. The largest absolute Gasteiger partial charge is 0.229 e. The number of hydrogen-bond acceptors (Lipinski definition) is 6. The molecule has 124 valence electrons. The van der Waals surface area contributed by atoms with E-state index in [-0.39, 0.29) is 9.79 Å². The molecule has 0 saturated carbocycles. The second kappa shape index (κ2) is 8.23. The third-order valence-electron chi connectivity index (χ3n) is 2.83. The lowest BCUT2D eigenvalue weighted by Gasteiger charge is -2.05. The lowest BCUT2D eigenvalue weighted by Crippen LogP contribution is -1.99. The quantitative estimate of drug-likeness (QED) is 0.508. The first-order valence-corrected chi connectivity index (χ1v) is 12.8. The minimum absolute atomic E-state index is 0.273. The maximum Gasteiger partial charge on any atom is 0.229 e. The molecule has 0 bridgehead atoms. The standard InChI is InChI=1S/C15H16O4S4/c16-22(17,14-8-3-1-4-9-14)20-12-7-13-21-23(18,19)15-10-5-2-6-11-15/h1-6,8-11H,7,12-13H2. The van der Waals surface area contributed by atoms with Gasteiger partial charge in [0.05, 0.1) is 9.79 Å². The van der Waals surface area contributed by atoms with Crippen LogP contribution >= 0.6 is 21.6 Å². The summed E-state index contributed by atoms with van der Waals surface area (Å²) in [7, 11) is -5.06. The molecule has 2 aromatic rings. The van der Waals surface area contributed by atoms with Crippen LogP contribution in [0.1, 0.15) is 6.42 Å². The zero-order valence-electron chi connectivity index (χ0n) is 12.2. The van der Waals surface area contributed by atoms with Gasteiger partial charge in [-0.3, -0.25) is 0 Å². The lowest BCUT2D eigenvalue weighted by atomic mass is 10.4. The molecule has 0 heterocycles. The molecule has 0 spiro atoms. The molecule has 0 aliphatic rings. The maximum atomic E-state index is 12.1. The van der Waals surface area contributed by atoms with Crippen molar-refractivity contribution in [2.24, 2.45) is 0 Å². The van der Waals surface area contributed by atoms with Crippen LogP contribution in [0.25, 0.3) is 0 Å². The highest BCUT2D eigenvalue weighted by atomic mass is 33.1. The molecule has 0 amide bonds. The molecule has 23 heavy (non-hydrogen) atoms. The van der Waals surface area contributed by atoms with Gasteiger partial charge in [-0.15, -0.1) is 0 Å². The minimum atomic E-state index is -3.37. The Labute approximate surface area is 144 Å². The molecule has 2 aromatic carbocycles. The Kier molecular flexibility index (Phi) is 6.58. The monoisotopic (exact) mass is 388 g/mol. The molecular weight excluding hydrogens is 372 g/mol. The van der Waals surface area contributed by atoms with Crippen molar-refractivity contribution in [3.8, 4) is 0 Å². The van der Waals surface area contributed by atoms with Crippen LogP contribution in [0, 0.1) is 0 Å². The van der Waals surface area contributed by atoms with E-state index >= 15 is 0 Å². The molecule has 2 rings (SSSR count). The highest BCUT2D eigenvalue weighted by Gasteiger charge is 2.16. The molecule has 0 unspecified atom stereocenters. The van der Waals surface area contributed by atoms with Gasteiger partial charge in [0.1, 0.15) is 0 Å². The fraction of sp³-hybridized carbons (Fsp3) is 0.200. The molecule has 0 saturated heterocycles. The molecular formula is C15H16O4S4. The van der Waals surface area contributed by atoms with Crippen LogP contribution in [-0.4, -0.2) is 28.3 Å². The molecule has 0 N–H and O–H groups in total. The first-order chi connectivity index (χ1) is 10.9. The maximum absolute atomic E-state index is 12.1. The zero-order chi connectivity index (χ0) is 16.8. The summed E-state index contributed by atoms with van der Waals surface area (Å²) in [6.45, 7) is 0. The van der Waals surface area contributed by atoms with Crippen molar-refractivity contribution < 1.29 is 16.8 Å². The summed E-state index contributed by atoms with van der Waals surface area (Å²) < 4.78 is 48.2. The lowest BCUT2D eigenvalue weighted by molar-refractivity contribution is 0.609. The summed E-state index contributed by atoms with van der Waals surface area (Å²) in [4.78, 5) is 0.545. The second-order valence-corrected chi connectivity index (χ2v) is 12.6. The van der Waals surface area contributed by atoms with Crippen molar-refractivity contribution in [1.29, 1.82) is 0 Å². The van der Waals surface area contributed by atoms with E-state index in [0.29, 0.717) is 17.9 Å². The van der Waals surface area contributed by atoms with Crippen LogP contribution in [0.15, 0.2) is 70.5 Å². The van der Waals surface area contributed by atoms with Gasteiger partial charge in [0, 0.05) is 11.5 Å². The molecule has 0 aliphatic carbocycles. The molecule has 0 fully saturated rings. The number of benzene rings is 2. The second-order valence-electron chi connectivity index (χ2n) is 4.53. The van der Waals surface area contributed by atoms with Crippen LogP contribution in [0.4, 0.5) is 0 Å². The van der Waals surface area contributed by atoms with E-state index < -0.39 is 17.7 Å². The van der Waals surface area contributed by atoms with Crippen molar-refractivity contribution in [1.82, 2.24) is 0 Å². The molecule has 4 nitrogen and oxygen atoms in total. The van der Waals surface area contributed by atoms with E-state index in [2.05, 4.69) is 0 Å². The van der Waals surface area contributed by atoms with E-state index in [1.54, 1.807) is 60.7 Å². The Balaban J connectivity index is 1.80. The predicted molar refractivity (Wildman–Crippen MR) is 96.8 cm³/mol. The fourth-order valence-corrected chi connectivity index (χ4v) is 7.61. The topological polar surface area (TPSA) is 68.3 Å². The van der Waals surface area contributed by atoms with Gasteiger partial charge in [0.15, 0.2) is 0 Å². The average molecular weight is 389 g/mol. The van der Waals surface area contributed by atoms with Gasteiger partial charge in [-0.1, -0.05) is 36.4 Å². The van der Waals surface area contributed by atoms with Gasteiger partial charge in [-0.05, 0) is 52.3 Å². The van der Waals surface area contributed by atoms with Crippen molar-refractivity contribution in [3.05, 3.63) is 60.7 Å². The average Bonchev–Trinajstić information content (AvgIpc) is 2.56. The van der Waals surface area contributed by atoms with Crippen LogP contribution in [0.3, 0.4) is 0 Å². The van der Waals surface area contributed by atoms with E-state index in [0.717, 1.165) is 21.6 Å². The Morgan fingerprint density at radius 2 is 0.957 bits per heavy atom. The Morgan fingerprint density at radius 1 is 0.609 bits per heavy atom. The van der Waals surface area contributed by atoms with Crippen molar-refractivity contribution in [2.45, 2.75) is 16.2 Å². The van der Waals surface area contributed by atoms with E-state index in [4.69, 9.17) is 0 Å². The van der Waals surface area contributed by atoms with Crippen LogP contribution < -0.4 is 0 Å². The SMILES string of the molecule is O=S(=O)(SCCCSS(=O)(=O)c1ccccc1)c1ccccc1. The summed E-state index contributed by atoms with van der Waals surface area (Å²) in [6.07, 6.45) is 0.494. The number of rotatable bonds is 8. The smallest absolute Gasteiger partial charge is 0.212 e. The molecule has 0 aliphatic heterocycles. The Bertz CT molecular complexity index is 745. The highest BCUT2D eigenvalue weighted by Crippen LogP contribution is 2.27. The summed E-state index contributed by atoms with van der Waals surface area (Å²) in [5.74, 6) is 0.711. The normalized spacial score (nSPS) is 12.2. The van der Waals surface area contributed by atoms with Crippen molar-refractivity contribution in [3.63, 3.8) is 0 Å². The summed E-state index contributed by atoms with van der Waals surface area (Å²) in [5, 5.41) is 0. The first kappa shape index (κ1) is 18.4. The highest BCUT2D eigenvalue weighted by molar-refractivity contribution is 8.72. The van der Waals surface area contributed by atoms with Gasteiger partial charge in [-0.25, -0.2) is 16.8 Å². The summed E-state index contributed by atoms with van der Waals surface area (Å²) in [5.41, 5.74) is 0. The van der Waals surface area contributed by atoms with Gasteiger partial charge in [0.2, 0.25) is 17.7 Å². The Hall–Kier alpha value is -0.960. The van der Waals surface area contributed by atoms with Gasteiger partial charge in [-0.2, -0.15) is 0 Å². The zero-order valence-corrected chi connectivity index (χ0v) is 15.4. The molecule has 0 atom stereocenters. The summed E-state index contributed by atoms with van der Waals surface area (Å²) >= 11 is 0. The van der Waals surface area contributed by atoms with E-state index in [9.17, 15) is 16.8 Å². The summed E-state index contributed by atoms with van der Waals surface area (Å²) in [6, 6.07) is 16.4.